The van der Waals surface area contributed by atoms with Gasteiger partial charge in [-0.2, -0.15) is 0 Å². The first kappa shape index (κ1) is 25.2. The van der Waals surface area contributed by atoms with E-state index >= 15 is 0 Å². The smallest absolute Gasteiger partial charge is 0.264 e. The highest BCUT2D eigenvalue weighted by molar-refractivity contribution is 7.92. The van der Waals surface area contributed by atoms with E-state index in [1.807, 2.05) is 29.2 Å². The quantitative estimate of drug-likeness (QED) is 0.454. The number of carbonyl (C=O) groups excluding carboxylic acids is 2. The van der Waals surface area contributed by atoms with E-state index in [2.05, 4.69) is 5.32 Å². The van der Waals surface area contributed by atoms with E-state index in [1.54, 1.807) is 42.5 Å². The Balaban J connectivity index is 1.52. The standard InChI is InChI=1S/C27H29N3O5S/c1-35-24-12-7-11-23(17-24)30(36(33,34)25-13-3-2-4-14-25)20-26(31)28-18-21-9-5-6-10-22(21)19-29-16-8-15-27(29)32/h2-7,9-14,17H,8,15-16,18-20H2,1H3,(H,28,31). The summed E-state index contributed by atoms with van der Waals surface area (Å²) in [7, 11) is -2.52. The molecule has 8 nitrogen and oxygen atoms in total. The predicted octanol–water partition coefficient (Wildman–Crippen LogP) is 3.33. The highest BCUT2D eigenvalue weighted by Gasteiger charge is 2.27. The fourth-order valence-corrected chi connectivity index (χ4v) is 5.58. The van der Waals surface area contributed by atoms with Crippen molar-refractivity contribution >= 4 is 27.5 Å². The molecule has 4 rings (SSSR count). The predicted molar refractivity (Wildman–Crippen MR) is 137 cm³/mol. The van der Waals surface area contributed by atoms with E-state index in [0.29, 0.717) is 24.4 Å². The summed E-state index contributed by atoms with van der Waals surface area (Å²) in [6, 6.07) is 22.2. The fourth-order valence-electron chi connectivity index (χ4n) is 4.14. The van der Waals surface area contributed by atoms with Crippen molar-refractivity contribution in [3.8, 4) is 5.75 Å². The molecule has 0 aromatic heterocycles. The van der Waals surface area contributed by atoms with E-state index in [1.165, 1.54) is 19.2 Å². The number of likely N-dealkylation sites (tertiary alicyclic amines) is 1. The fraction of sp³-hybridized carbons (Fsp3) is 0.259. The zero-order chi connectivity index (χ0) is 25.5. The number of anilines is 1. The molecule has 0 unspecified atom stereocenters. The van der Waals surface area contributed by atoms with Crippen LogP contribution in [0.1, 0.15) is 24.0 Å². The first-order valence-corrected chi connectivity index (χ1v) is 13.2. The molecule has 1 N–H and O–H groups in total. The molecule has 1 saturated heterocycles. The van der Waals surface area contributed by atoms with Crippen LogP contribution in [0.3, 0.4) is 0 Å². The Labute approximate surface area is 211 Å². The lowest BCUT2D eigenvalue weighted by molar-refractivity contribution is -0.128. The summed E-state index contributed by atoms with van der Waals surface area (Å²) in [5.74, 6) is 0.157. The second kappa shape index (κ2) is 11.3. The Kier molecular flexibility index (Phi) is 7.90. The van der Waals surface area contributed by atoms with Crippen LogP contribution in [0.4, 0.5) is 5.69 Å². The van der Waals surface area contributed by atoms with Crippen LogP contribution < -0.4 is 14.4 Å². The van der Waals surface area contributed by atoms with Gasteiger partial charge in [0.25, 0.3) is 10.0 Å². The molecule has 9 heteroatoms. The molecule has 1 aliphatic heterocycles. The maximum atomic E-state index is 13.5. The van der Waals surface area contributed by atoms with Crippen LogP contribution in [0.25, 0.3) is 0 Å². The zero-order valence-corrected chi connectivity index (χ0v) is 20.9. The number of amides is 2. The van der Waals surface area contributed by atoms with Gasteiger partial charge in [0.1, 0.15) is 12.3 Å². The van der Waals surface area contributed by atoms with Gasteiger partial charge in [0.15, 0.2) is 0 Å². The number of nitrogens with one attached hydrogen (secondary N) is 1. The van der Waals surface area contributed by atoms with Gasteiger partial charge in [-0.25, -0.2) is 8.42 Å². The third-order valence-corrected chi connectivity index (χ3v) is 7.87. The van der Waals surface area contributed by atoms with Crippen molar-refractivity contribution in [1.82, 2.24) is 10.2 Å². The van der Waals surface area contributed by atoms with E-state index < -0.39 is 22.5 Å². The lowest BCUT2D eigenvalue weighted by atomic mass is 10.1. The van der Waals surface area contributed by atoms with E-state index in [4.69, 9.17) is 4.74 Å². The third-order valence-electron chi connectivity index (χ3n) is 6.09. The van der Waals surface area contributed by atoms with Crippen molar-refractivity contribution in [3.05, 3.63) is 90.0 Å². The van der Waals surface area contributed by atoms with E-state index in [-0.39, 0.29) is 17.3 Å². The minimum absolute atomic E-state index is 0.0845. The van der Waals surface area contributed by atoms with Crippen LogP contribution in [0, 0.1) is 0 Å². The molecule has 0 spiro atoms. The SMILES string of the molecule is COc1cccc(N(CC(=O)NCc2ccccc2CN2CCCC2=O)S(=O)(=O)c2ccccc2)c1. The van der Waals surface area contributed by atoms with Gasteiger partial charge in [0, 0.05) is 32.1 Å². The van der Waals surface area contributed by atoms with Gasteiger partial charge in [0.05, 0.1) is 17.7 Å². The Bertz CT molecular complexity index is 1330. The molecule has 1 heterocycles. The van der Waals surface area contributed by atoms with Gasteiger partial charge in [-0.1, -0.05) is 48.5 Å². The van der Waals surface area contributed by atoms with Gasteiger partial charge in [-0.15, -0.1) is 0 Å². The maximum Gasteiger partial charge on any atom is 0.264 e. The van der Waals surface area contributed by atoms with Crippen molar-refractivity contribution in [3.63, 3.8) is 0 Å². The second-order valence-electron chi connectivity index (χ2n) is 8.49. The molecule has 2 amide bonds. The lowest BCUT2D eigenvalue weighted by Gasteiger charge is -2.24. The summed E-state index contributed by atoms with van der Waals surface area (Å²) >= 11 is 0. The normalized spacial score (nSPS) is 13.5. The Hall–Kier alpha value is -3.85. The van der Waals surface area contributed by atoms with Gasteiger partial charge in [-0.3, -0.25) is 13.9 Å². The van der Waals surface area contributed by atoms with Crippen molar-refractivity contribution in [1.29, 1.82) is 0 Å². The van der Waals surface area contributed by atoms with Gasteiger partial charge >= 0.3 is 0 Å². The maximum absolute atomic E-state index is 13.5. The van der Waals surface area contributed by atoms with Crippen LogP contribution in [-0.2, 0) is 32.7 Å². The number of methoxy groups -OCH3 is 1. The number of carbonyl (C=O) groups is 2. The largest absolute Gasteiger partial charge is 0.497 e. The van der Waals surface area contributed by atoms with Gasteiger partial charge < -0.3 is 15.0 Å². The minimum Gasteiger partial charge on any atom is -0.497 e. The Morgan fingerprint density at radius 3 is 2.42 bits per heavy atom. The molecule has 1 fully saturated rings. The molecule has 0 saturated carbocycles. The molecule has 0 radical (unpaired) electrons. The monoisotopic (exact) mass is 507 g/mol. The highest BCUT2D eigenvalue weighted by Crippen LogP contribution is 2.27. The number of hydrogen-bond donors (Lipinski definition) is 1. The molecular formula is C27H29N3O5S. The first-order chi connectivity index (χ1) is 17.4. The molecular weight excluding hydrogens is 478 g/mol. The average molecular weight is 508 g/mol. The summed E-state index contributed by atoms with van der Waals surface area (Å²) in [5, 5.41) is 2.85. The van der Waals surface area contributed by atoms with Crippen molar-refractivity contribution in [2.45, 2.75) is 30.8 Å². The Morgan fingerprint density at radius 2 is 1.72 bits per heavy atom. The van der Waals surface area contributed by atoms with Crippen LogP contribution in [-0.4, -0.2) is 45.3 Å². The number of rotatable bonds is 10. The summed E-state index contributed by atoms with van der Waals surface area (Å²) in [6.07, 6.45) is 1.42. The van der Waals surface area contributed by atoms with Gasteiger partial charge in [-0.05, 0) is 41.8 Å². The van der Waals surface area contributed by atoms with E-state index in [9.17, 15) is 18.0 Å². The summed E-state index contributed by atoms with van der Waals surface area (Å²) in [6.45, 7) is 1.03. The highest BCUT2D eigenvalue weighted by atomic mass is 32.2. The number of nitrogens with zero attached hydrogens (tertiary/aromatic N) is 2. The molecule has 3 aromatic carbocycles. The van der Waals surface area contributed by atoms with Crippen LogP contribution in [0.5, 0.6) is 5.75 Å². The van der Waals surface area contributed by atoms with E-state index in [0.717, 1.165) is 28.4 Å². The van der Waals surface area contributed by atoms with Gasteiger partial charge in [0.2, 0.25) is 11.8 Å². The summed E-state index contributed by atoms with van der Waals surface area (Å²) in [5.41, 5.74) is 2.15. The third kappa shape index (κ3) is 5.85. The molecule has 0 atom stereocenters. The molecule has 36 heavy (non-hydrogen) atoms. The molecule has 0 bridgehead atoms. The lowest BCUT2D eigenvalue weighted by Crippen LogP contribution is -2.40. The van der Waals surface area contributed by atoms with Crippen molar-refractivity contribution in [2.24, 2.45) is 0 Å². The molecule has 188 valence electrons. The summed E-state index contributed by atoms with van der Waals surface area (Å²) < 4.78 is 33.3. The van der Waals surface area contributed by atoms with Crippen LogP contribution in [0.15, 0.2) is 83.8 Å². The minimum atomic E-state index is -4.01. The van der Waals surface area contributed by atoms with Crippen LogP contribution >= 0.6 is 0 Å². The molecule has 1 aliphatic rings. The number of benzene rings is 3. The topological polar surface area (TPSA) is 96.0 Å². The molecule has 0 aliphatic carbocycles. The zero-order valence-electron chi connectivity index (χ0n) is 20.1. The van der Waals surface area contributed by atoms with Crippen molar-refractivity contribution < 1.29 is 22.7 Å². The molecule has 3 aromatic rings. The summed E-state index contributed by atoms with van der Waals surface area (Å²) in [4.78, 5) is 27.0. The second-order valence-corrected chi connectivity index (χ2v) is 10.4. The van der Waals surface area contributed by atoms with Crippen molar-refractivity contribution in [2.75, 3.05) is 24.5 Å². The first-order valence-electron chi connectivity index (χ1n) is 11.7. The Morgan fingerprint density at radius 1 is 1.00 bits per heavy atom. The number of sulfonamides is 1. The van der Waals surface area contributed by atoms with Crippen LogP contribution in [0.2, 0.25) is 0 Å². The average Bonchev–Trinajstić information content (AvgIpc) is 3.31. The number of hydrogen-bond acceptors (Lipinski definition) is 5. The number of ether oxygens (including phenoxy) is 1.